The van der Waals surface area contributed by atoms with Crippen molar-refractivity contribution in [1.82, 2.24) is 9.80 Å². The molecule has 8 nitrogen and oxygen atoms in total. The molecule has 30 heavy (non-hydrogen) atoms. The Kier molecular flexibility index (Phi) is 7.69. The smallest absolute Gasteiger partial charge is 0.338 e. The van der Waals surface area contributed by atoms with Gasteiger partial charge in [-0.15, -0.1) is 0 Å². The Bertz CT molecular complexity index is 747. The van der Waals surface area contributed by atoms with Gasteiger partial charge < -0.3 is 28.7 Å². The van der Waals surface area contributed by atoms with Crippen LogP contribution in [0, 0.1) is 0 Å². The Hall–Kier alpha value is -2.16. The highest BCUT2D eigenvalue weighted by Gasteiger charge is 2.30. The maximum Gasteiger partial charge on any atom is 0.338 e. The number of rotatable bonds is 6. The summed E-state index contributed by atoms with van der Waals surface area (Å²) < 4.78 is 22.1. The Labute approximate surface area is 178 Å². The average molecular weight is 421 g/mol. The van der Waals surface area contributed by atoms with Crippen molar-refractivity contribution in [2.75, 3.05) is 54.5 Å². The summed E-state index contributed by atoms with van der Waals surface area (Å²) in [4.78, 5) is 28.6. The summed E-state index contributed by atoms with van der Waals surface area (Å²) in [6.07, 6.45) is 3.22. The van der Waals surface area contributed by atoms with Gasteiger partial charge in [-0.3, -0.25) is 0 Å². The van der Waals surface area contributed by atoms with Crippen LogP contribution in [0.2, 0.25) is 0 Å². The van der Waals surface area contributed by atoms with Crippen LogP contribution in [-0.4, -0.2) is 94.5 Å². The van der Waals surface area contributed by atoms with E-state index in [1.54, 1.807) is 12.1 Å². The fraction of sp³-hybridized carbons (Fsp3) is 0.636. The summed E-state index contributed by atoms with van der Waals surface area (Å²) in [6, 6.07) is 4.76. The van der Waals surface area contributed by atoms with Crippen LogP contribution in [0.25, 0.3) is 0 Å². The van der Waals surface area contributed by atoms with E-state index in [1.165, 1.54) is 20.3 Å². The molecule has 8 heteroatoms. The fourth-order valence-corrected chi connectivity index (χ4v) is 4.15. The molecule has 2 saturated heterocycles. The number of piperidine rings is 2. The van der Waals surface area contributed by atoms with Crippen molar-refractivity contribution in [1.29, 1.82) is 0 Å². The minimum Gasteiger partial charge on any atom is -0.489 e. The second-order valence-electron chi connectivity index (χ2n) is 8.15. The lowest BCUT2D eigenvalue weighted by Gasteiger charge is -2.38. The summed E-state index contributed by atoms with van der Waals surface area (Å²) in [5.41, 5.74) is 0.283. The number of hydrogen-bond donors (Lipinski definition) is 0. The van der Waals surface area contributed by atoms with Crippen molar-refractivity contribution in [2.45, 2.75) is 37.6 Å². The molecule has 0 bridgehead atoms. The standard InChI is InChI=1S/C22H32N2O6/c1-23-9-7-15(8-10-23)29-17-11-18(14-24(2)13-17)30-16-5-6-19(21(25)27-3)20(12-16)22(26)28-4/h5-6,12,15,17-18H,7-11,13-14H2,1-4H3/t17-,18-/m1/s1. The molecule has 1 aromatic carbocycles. The van der Waals surface area contributed by atoms with Gasteiger partial charge >= 0.3 is 11.9 Å². The van der Waals surface area contributed by atoms with E-state index in [0.717, 1.165) is 45.4 Å². The number of esters is 2. The molecule has 3 rings (SSSR count). The maximum atomic E-state index is 12.1. The van der Waals surface area contributed by atoms with Crippen molar-refractivity contribution in [2.24, 2.45) is 0 Å². The highest BCUT2D eigenvalue weighted by Crippen LogP contribution is 2.25. The van der Waals surface area contributed by atoms with Gasteiger partial charge in [0, 0.05) is 32.6 Å². The molecule has 0 N–H and O–H groups in total. The van der Waals surface area contributed by atoms with E-state index in [4.69, 9.17) is 18.9 Å². The second kappa shape index (κ2) is 10.2. The predicted molar refractivity (Wildman–Crippen MR) is 111 cm³/mol. The second-order valence-corrected chi connectivity index (χ2v) is 8.15. The lowest BCUT2D eigenvalue weighted by molar-refractivity contribution is -0.0847. The summed E-state index contributed by atoms with van der Waals surface area (Å²) in [5, 5.41) is 0. The SMILES string of the molecule is COC(=O)c1ccc(O[C@@H]2C[C@@H](OC3CCN(C)CC3)CN(C)C2)cc1C(=O)OC. The first-order valence-corrected chi connectivity index (χ1v) is 10.4. The number of likely N-dealkylation sites (tertiary alicyclic amines) is 2. The van der Waals surface area contributed by atoms with Crippen molar-refractivity contribution < 1.29 is 28.5 Å². The number of hydrogen-bond acceptors (Lipinski definition) is 8. The van der Waals surface area contributed by atoms with Crippen molar-refractivity contribution in [3.05, 3.63) is 29.3 Å². The molecule has 2 heterocycles. The zero-order chi connectivity index (χ0) is 21.7. The molecule has 0 amide bonds. The molecular weight excluding hydrogens is 388 g/mol. The fourth-order valence-electron chi connectivity index (χ4n) is 4.15. The molecule has 0 aromatic heterocycles. The van der Waals surface area contributed by atoms with Crippen LogP contribution >= 0.6 is 0 Å². The van der Waals surface area contributed by atoms with E-state index in [9.17, 15) is 9.59 Å². The average Bonchev–Trinajstić information content (AvgIpc) is 2.73. The van der Waals surface area contributed by atoms with E-state index in [-0.39, 0.29) is 23.3 Å². The van der Waals surface area contributed by atoms with Gasteiger partial charge in [0.1, 0.15) is 11.9 Å². The summed E-state index contributed by atoms with van der Waals surface area (Å²) >= 11 is 0. The summed E-state index contributed by atoms with van der Waals surface area (Å²) in [7, 11) is 6.75. The zero-order valence-electron chi connectivity index (χ0n) is 18.3. The van der Waals surface area contributed by atoms with Crippen molar-refractivity contribution >= 4 is 11.9 Å². The monoisotopic (exact) mass is 420 g/mol. The minimum absolute atomic E-state index is 0.0745. The first-order chi connectivity index (χ1) is 14.4. The molecule has 0 saturated carbocycles. The van der Waals surface area contributed by atoms with Gasteiger partial charge in [0.2, 0.25) is 0 Å². The topological polar surface area (TPSA) is 77.5 Å². The Morgan fingerprint density at radius 1 is 0.867 bits per heavy atom. The normalized spacial score (nSPS) is 23.7. The molecule has 0 unspecified atom stereocenters. The lowest BCUT2D eigenvalue weighted by Crippen LogP contribution is -2.48. The summed E-state index contributed by atoms with van der Waals surface area (Å²) in [5.74, 6) is -0.683. The molecule has 2 aliphatic rings. The quantitative estimate of drug-likeness (QED) is 0.645. The van der Waals surface area contributed by atoms with Gasteiger partial charge in [0.15, 0.2) is 0 Å². The van der Waals surface area contributed by atoms with Gasteiger partial charge in [-0.2, -0.15) is 0 Å². The lowest BCUT2D eigenvalue weighted by atomic mass is 10.0. The van der Waals surface area contributed by atoms with Crippen LogP contribution in [0.5, 0.6) is 5.75 Å². The highest BCUT2D eigenvalue weighted by atomic mass is 16.5. The van der Waals surface area contributed by atoms with Crippen LogP contribution in [0.15, 0.2) is 18.2 Å². The first kappa shape index (κ1) is 22.5. The van der Waals surface area contributed by atoms with Gasteiger partial charge in [0.25, 0.3) is 0 Å². The van der Waals surface area contributed by atoms with Crippen LogP contribution in [0.1, 0.15) is 40.0 Å². The van der Waals surface area contributed by atoms with Crippen LogP contribution < -0.4 is 4.74 Å². The van der Waals surface area contributed by atoms with Gasteiger partial charge in [-0.1, -0.05) is 0 Å². The van der Waals surface area contributed by atoms with Gasteiger partial charge in [0.05, 0.1) is 37.6 Å². The molecule has 1 aromatic rings. The van der Waals surface area contributed by atoms with Crippen molar-refractivity contribution in [3.8, 4) is 5.75 Å². The zero-order valence-corrected chi connectivity index (χ0v) is 18.3. The molecule has 0 radical (unpaired) electrons. The Balaban J connectivity index is 1.67. The number of ether oxygens (including phenoxy) is 4. The Morgan fingerprint density at radius 3 is 2.17 bits per heavy atom. The third kappa shape index (κ3) is 5.71. The van der Waals surface area contributed by atoms with Crippen LogP contribution in [0.4, 0.5) is 0 Å². The summed E-state index contributed by atoms with van der Waals surface area (Å²) in [6.45, 7) is 3.77. The van der Waals surface area contributed by atoms with E-state index in [1.807, 2.05) is 0 Å². The number of carbonyl (C=O) groups excluding carboxylic acids is 2. The number of methoxy groups -OCH3 is 2. The minimum atomic E-state index is -0.606. The number of benzene rings is 1. The predicted octanol–water partition coefficient (Wildman–Crippen LogP) is 1.82. The van der Waals surface area contributed by atoms with E-state index in [0.29, 0.717) is 11.9 Å². The number of nitrogens with zero attached hydrogens (tertiary/aromatic N) is 2. The van der Waals surface area contributed by atoms with Crippen LogP contribution in [-0.2, 0) is 14.2 Å². The maximum absolute atomic E-state index is 12.1. The molecule has 166 valence electrons. The van der Waals surface area contributed by atoms with E-state index < -0.39 is 11.9 Å². The van der Waals surface area contributed by atoms with Gasteiger partial charge in [-0.25, -0.2) is 9.59 Å². The number of likely N-dealkylation sites (N-methyl/N-ethyl adjacent to an activating group) is 1. The van der Waals surface area contributed by atoms with E-state index in [2.05, 4.69) is 23.9 Å². The number of carbonyl (C=O) groups is 2. The molecule has 0 spiro atoms. The highest BCUT2D eigenvalue weighted by molar-refractivity contribution is 6.03. The van der Waals surface area contributed by atoms with Crippen LogP contribution in [0.3, 0.4) is 0 Å². The van der Waals surface area contributed by atoms with E-state index >= 15 is 0 Å². The molecule has 2 atom stereocenters. The van der Waals surface area contributed by atoms with Crippen molar-refractivity contribution in [3.63, 3.8) is 0 Å². The first-order valence-electron chi connectivity index (χ1n) is 10.4. The van der Waals surface area contributed by atoms with Gasteiger partial charge in [-0.05, 0) is 45.1 Å². The third-order valence-electron chi connectivity index (χ3n) is 5.71. The largest absolute Gasteiger partial charge is 0.489 e. The molecule has 2 fully saturated rings. The molecule has 0 aliphatic carbocycles. The molecule has 2 aliphatic heterocycles. The Morgan fingerprint density at radius 2 is 1.50 bits per heavy atom. The molecular formula is C22H32N2O6. The third-order valence-corrected chi connectivity index (χ3v) is 5.71.